The maximum Gasteiger partial charge on any atom is 0.295 e. The lowest BCUT2D eigenvalue weighted by Gasteiger charge is -2.25. The Bertz CT molecular complexity index is 1850. The second-order valence-corrected chi connectivity index (χ2v) is 13.4. The number of aromatic nitrogens is 5. The molecule has 4 heterocycles. The first-order chi connectivity index (χ1) is 20.9. The molecule has 1 aliphatic heterocycles. The Morgan fingerprint density at radius 3 is 2.52 bits per heavy atom. The summed E-state index contributed by atoms with van der Waals surface area (Å²) in [5, 5.41) is 10.4. The van der Waals surface area contributed by atoms with Gasteiger partial charge in [-0.1, -0.05) is 6.07 Å². The van der Waals surface area contributed by atoms with Crippen LogP contribution in [0.3, 0.4) is 0 Å². The zero-order chi connectivity index (χ0) is 31.3. The molecule has 2 aliphatic rings. The first kappa shape index (κ1) is 29.9. The van der Waals surface area contributed by atoms with Gasteiger partial charge >= 0.3 is 0 Å². The summed E-state index contributed by atoms with van der Waals surface area (Å²) in [6, 6.07) is 6.78. The number of benzene rings is 1. The summed E-state index contributed by atoms with van der Waals surface area (Å²) in [5.74, 6) is -0.657. The van der Waals surface area contributed by atoms with Gasteiger partial charge in [-0.25, -0.2) is 27.2 Å². The Morgan fingerprint density at radius 1 is 1.14 bits per heavy atom. The molecule has 1 unspecified atom stereocenters. The number of ether oxygens (including phenoxy) is 1. The fraction of sp³-hybridized carbons (Fsp3) is 0.448. The molecule has 12 nitrogen and oxygen atoms in total. The second-order valence-electron chi connectivity index (χ2n) is 11.3. The van der Waals surface area contributed by atoms with Crippen LogP contribution in [0.4, 0.5) is 31.7 Å². The number of rotatable bonds is 9. The van der Waals surface area contributed by atoms with Crippen molar-refractivity contribution in [3.8, 4) is 11.1 Å². The Kier molecular flexibility index (Phi) is 7.78. The van der Waals surface area contributed by atoms with Gasteiger partial charge in [0.1, 0.15) is 17.6 Å². The lowest BCUT2D eigenvalue weighted by Crippen LogP contribution is -2.25. The molecule has 0 radical (unpaired) electrons. The smallest absolute Gasteiger partial charge is 0.295 e. The van der Waals surface area contributed by atoms with E-state index in [1.54, 1.807) is 23.9 Å². The minimum atomic E-state index is -3.70. The number of nitrogens with one attached hydrogen (secondary N) is 2. The van der Waals surface area contributed by atoms with Gasteiger partial charge < -0.3 is 15.4 Å². The van der Waals surface area contributed by atoms with Crippen molar-refractivity contribution in [2.45, 2.75) is 51.7 Å². The Balaban J connectivity index is 1.51. The number of imidazole rings is 1. The number of pyridine rings is 1. The van der Waals surface area contributed by atoms with Gasteiger partial charge in [-0.05, 0) is 56.7 Å². The lowest BCUT2D eigenvalue weighted by atomic mass is 10.1. The van der Waals surface area contributed by atoms with E-state index in [4.69, 9.17) is 4.74 Å². The predicted octanol–water partition coefficient (Wildman–Crippen LogP) is 5.26. The van der Waals surface area contributed by atoms with Crippen LogP contribution in [0.5, 0.6) is 0 Å². The van der Waals surface area contributed by atoms with Crippen LogP contribution in [-0.2, 0) is 26.6 Å². The number of hydrogen-bond donors (Lipinski definition) is 2. The molecule has 3 aromatic heterocycles. The first-order valence-corrected chi connectivity index (χ1v) is 16.2. The third-order valence-corrected chi connectivity index (χ3v) is 9.13. The standard InChI is InChI=1S/C29H34F2N8O4S/c1-16-19(15-37(2)36-16)18-10-11-20(22(13-18)38(3)44(4,41)42)32-21-14-23(34-29(40)17-8-9-17)33-27-25(21)35-28(26(30)31)39(27)24-7-5-6-12-43-24/h10-11,13-15,17,24,26H,5-9,12H2,1-4H3,(H2,32,33,34,40). The van der Waals surface area contributed by atoms with E-state index in [1.807, 2.05) is 19.2 Å². The topological polar surface area (TPSA) is 136 Å². The zero-order valence-electron chi connectivity index (χ0n) is 24.8. The highest BCUT2D eigenvalue weighted by Crippen LogP contribution is 2.40. The largest absolute Gasteiger partial charge is 0.358 e. The first-order valence-electron chi connectivity index (χ1n) is 14.4. The number of carbonyl (C=O) groups is 1. The number of alkyl halides is 2. The number of carbonyl (C=O) groups excluding carboxylic acids is 1. The van der Waals surface area contributed by atoms with Crippen molar-refractivity contribution in [3.63, 3.8) is 0 Å². The van der Waals surface area contributed by atoms with Crippen molar-refractivity contribution in [3.05, 3.63) is 42.0 Å². The lowest BCUT2D eigenvalue weighted by molar-refractivity contribution is -0.117. The molecule has 0 spiro atoms. The van der Waals surface area contributed by atoms with E-state index >= 15 is 0 Å². The van der Waals surface area contributed by atoms with Crippen LogP contribution < -0.4 is 14.9 Å². The van der Waals surface area contributed by atoms with Crippen molar-refractivity contribution < 1.29 is 26.7 Å². The molecule has 2 fully saturated rings. The van der Waals surface area contributed by atoms with Crippen LogP contribution in [0, 0.1) is 12.8 Å². The maximum absolute atomic E-state index is 14.4. The number of sulfonamides is 1. The molecular weight excluding hydrogens is 594 g/mol. The van der Waals surface area contributed by atoms with Crippen LogP contribution in [0.25, 0.3) is 22.3 Å². The SMILES string of the molecule is Cc1nn(C)cc1-c1ccc(Nc2cc(NC(=O)C3CC3)nc3c2nc(C(F)F)n3C2CCCCO2)c(N(C)S(C)(=O)=O)c1. The minimum absolute atomic E-state index is 0.120. The van der Waals surface area contributed by atoms with Gasteiger partial charge in [0, 0.05) is 44.4 Å². The second kappa shape index (κ2) is 11.4. The fourth-order valence-electron chi connectivity index (χ4n) is 5.45. The Morgan fingerprint density at radius 2 is 1.91 bits per heavy atom. The molecule has 1 aliphatic carbocycles. The van der Waals surface area contributed by atoms with Crippen LogP contribution in [0.1, 0.15) is 56.3 Å². The van der Waals surface area contributed by atoms with Crippen LogP contribution in [0.2, 0.25) is 0 Å². The monoisotopic (exact) mass is 628 g/mol. The summed E-state index contributed by atoms with van der Waals surface area (Å²) in [7, 11) is -0.470. The van der Waals surface area contributed by atoms with E-state index in [1.165, 1.54) is 17.7 Å². The summed E-state index contributed by atoms with van der Waals surface area (Å²) in [4.78, 5) is 21.6. The average Bonchev–Trinajstić information content (AvgIpc) is 3.67. The number of anilines is 4. The van der Waals surface area contributed by atoms with E-state index in [2.05, 4.69) is 25.7 Å². The number of fused-ring (bicyclic) bond motifs is 1. The van der Waals surface area contributed by atoms with E-state index in [0.29, 0.717) is 24.4 Å². The molecule has 1 saturated heterocycles. The van der Waals surface area contributed by atoms with Crippen molar-refractivity contribution in [1.29, 1.82) is 0 Å². The molecule has 1 atom stereocenters. The van der Waals surface area contributed by atoms with Gasteiger partial charge in [0.25, 0.3) is 6.43 Å². The van der Waals surface area contributed by atoms with Crippen molar-refractivity contribution in [2.75, 3.05) is 34.8 Å². The number of hydrogen-bond acceptors (Lipinski definition) is 8. The summed E-state index contributed by atoms with van der Waals surface area (Å²) in [5.41, 5.74) is 3.55. The van der Waals surface area contributed by atoms with Crippen LogP contribution in [-0.4, -0.2) is 58.6 Å². The van der Waals surface area contributed by atoms with E-state index in [9.17, 15) is 22.0 Å². The Labute approximate surface area is 253 Å². The summed E-state index contributed by atoms with van der Waals surface area (Å²) < 4.78 is 64.3. The molecule has 1 saturated carbocycles. The quantitative estimate of drug-likeness (QED) is 0.256. The number of halogens is 2. The summed E-state index contributed by atoms with van der Waals surface area (Å²) in [6.07, 6.45) is 2.99. The maximum atomic E-state index is 14.4. The zero-order valence-corrected chi connectivity index (χ0v) is 25.7. The van der Waals surface area contributed by atoms with Gasteiger partial charge in [-0.15, -0.1) is 0 Å². The Hall–Kier alpha value is -4.11. The molecule has 2 N–H and O–H groups in total. The minimum Gasteiger partial charge on any atom is -0.358 e. The number of aryl methyl sites for hydroxylation is 2. The summed E-state index contributed by atoms with van der Waals surface area (Å²) >= 11 is 0. The third kappa shape index (κ3) is 5.85. The van der Waals surface area contributed by atoms with Gasteiger partial charge in [0.05, 0.1) is 29.0 Å². The van der Waals surface area contributed by atoms with Crippen molar-refractivity contribution in [1.82, 2.24) is 24.3 Å². The fourth-order valence-corrected chi connectivity index (χ4v) is 5.96. The molecule has 1 aromatic carbocycles. The van der Waals surface area contributed by atoms with Crippen molar-refractivity contribution >= 4 is 50.0 Å². The van der Waals surface area contributed by atoms with E-state index < -0.39 is 28.5 Å². The predicted molar refractivity (Wildman–Crippen MR) is 163 cm³/mol. The summed E-state index contributed by atoms with van der Waals surface area (Å²) in [6.45, 7) is 2.28. The molecule has 15 heteroatoms. The number of nitrogens with zero attached hydrogens (tertiary/aromatic N) is 6. The highest BCUT2D eigenvalue weighted by Gasteiger charge is 2.32. The molecule has 0 bridgehead atoms. The van der Waals surface area contributed by atoms with Gasteiger partial charge in [-0.2, -0.15) is 5.10 Å². The molecule has 234 valence electrons. The van der Waals surface area contributed by atoms with Gasteiger partial charge in [-0.3, -0.25) is 18.3 Å². The van der Waals surface area contributed by atoms with Crippen LogP contribution >= 0.6 is 0 Å². The van der Waals surface area contributed by atoms with E-state index in [-0.39, 0.29) is 34.5 Å². The molecule has 44 heavy (non-hydrogen) atoms. The molecule has 4 aromatic rings. The van der Waals surface area contributed by atoms with Gasteiger partial charge in [0.2, 0.25) is 15.9 Å². The molecular formula is C29H34F2N8O4S. The third-order valence-electron chi connectivity index (χ3n) is 7.94. The average molecular weight is 629 g/mol. The van der Waals surface area contributed by atoms with E-state index in [0.717, 1.165) is 53.1 Å². The number of amides is 1. The highest BCUT2D eigenvalue weighted by atomic mass is 32.2. The van der Waals surface area contributed by atoms with Crippen molar-refractivity contribution in [2.24, 2.45) is 13.0 Å². The highest BCUT2D eigenvalue weighted by molar-refractivity contribution is 7.92. The molecule has 1 amide bonds. The van der Waals surface area contributed by atoms with Gasteiger partial charge in [0.15, 0.2) is 11.5 Å². The molecule has 6 rings (SSSR count). The normalized spacial score (nSPS) is 17.3. The van der Waals surface area contributed by atoms with Crippen LogP contribution in [0.15, 0.2) is 30.5 Å².